The molecule has 0 aromatic heterocycles. The lowest BCUT2D eigenvalue weighted by atomic mass is 10.1. The number of carbonyl (C=O) groups is 2. The number of anilines is 1. The molecule has 1 N–H and O–H groups in total. The maximum absolute atomic E-state index is 14.3. The highest BCUT2D eigenvalue weighted by Crippen LogP contribution is 2.21. The summed E-state index contributed by atoms with van der Waals surface area (Å²) in [6.07, 6.45) is 2.01. The summed E-state index contributed by atoms with van der Waals surface area (Å²) in [5.41, 5.74) is 0.733. The molecule has 192 valence electrons. The van der Waals surface area contributed by atoms with Crippen molar-refractivity contribution in [3.05, 3.63) is 64.9 Å². The average Bonchev–Trinajstić information content (AvgIpc) is 2.80. The van der Waals surface area contributed by atoms with Crippen LogP contribution in [0.3, 0.4) is 0 Å². The van der Waals surface area contributed by atoms with E-state index in [-0.39, 0.29) is 43.8 Å². The zero-order chi connectivity index (χ0) is 26.2. The molecule has 2 rings (SSSR count). The fraction of sp³-hybridized carbons (Fsp3) is 0.440. The molecule has 0 saturated heterocycles. The zero-order valence-electron chi connectivity index (χ0n) is 20.5. The third kappa shape index (κ3) is 8.50. The molecule has 2 aromatic carbocycles. The first-order valence-electron chi connectivity index (χ1n) is 11.5. The third-order valence-corrected chi connectivity index (χ3v) is 7.18. The van der Waals surface area contributed by atoms with E-state index in [2.05, 4.69) is 5.32 Å². The number of hydrogen-bond acceptors (Lipinski definition) is 4. The fourth-order valence-corrected chi connectivity index (χ4v) is 4.56. The first-order chi connectivity index (χ1) is 16.4. The third-order valence-electron chi connectivity index (χ3n) is 5.73. The molecule has 0 aliphatic rings. The molecule has 10 heteroatoms. The van der Waals surface area contributed by atoms with E-state index in [0.29, 0.717) is 16.3 Å². The van der Waals surface area contributed by atoms with Gasteiger partial charge in [0, 0.05) is 36.1 Å². The first kappa shape index (κ1) is 28.6. The SMILES string of the molecule is CCC(C)NC(=O)C(C)N(Cc1ccccc1F)C(=O)CCCN(c1ccc(Cl)cc1)S(C)(=O)=O. The number of benzene rings is 2. The van der Waals surface area contributed by atoms with Gasteiger partial charge in [-0.3, -0.25) is 13.9 Å². The number of sulfonamides is 1. The molecule has 2 atom stereocenters. The van der Waals surface area contributed by atoms with Crippen molar-refractivity contribution in [1.29, 1.82) is 0 Å². The van der Waals surface area contributed by atoms with Gasteiger partial charge in [-0.15, -0.1) is 0 Å². The normalized spacial score (nSPS) is 13.1. The predicted octanol–water partition coefficient (Wildman–Crippen LogP) is 4.36. The molecule has 2 unspecified atom stereocenters. The van der Waals surface area contributed by atoms with E-state index in [1.54, 1.807) is 49.4 Å². The van der Waals surface area contributed by atoms with Gasteiger partial charge in [-0.2, -0.15) is 0 Å². The van der Waals surface area contributed by atoms with Gasteiger partial charge in [0.2, 0.25) is 21.8 Å². The lowest BCUT2D eigenvalue weighted by Crippen LogP contribution is -2.49. The first-order valence-corrected chi connectivity index (χ1v) is 13.7. The van der Waals surface area contributed by atoms with Crippen molar-refractivity contribution in [3.8, 4) is 0 Å². The Balaban J connectivity index is 2.18. The van der Waals surface area contributed by atoms with Crippen molar-refractivity contribution < 1.29 is 22.4 Å². The summed E-state index contributed by atoms with van der Waals surface area (Å²) in [5.74, 6) is -1.17. The summed E-state index contributed by atoms with van der Waals surface area (Å²) in [7, 11) is -3.60. The van der Waals surface area contributed by atoms with Crippen molar-refractivity contribution in [2.45, 2.75) is 58.7 Å². The summed E-state index contributed by atoms with van der Waals surface area (Å²) in [6, 6.07) is 11.6. The molecule has 0 fully saturated rings. The van der Waals surface area contributed by atoms with Crippen LogP contribution < -0.4 is 9.62 Å². The van der Waals surface area contributed by atoms with Gasteiger partial charge in [0.25, 0.3) is 0 Å². The van der Waals surface area contributed by atoms with Crippen molar-refractivity contribution in [3.63, 3.8) is 0 Å². The molecule has 0 aliphatic carbocycles. The highest BCUT2D eigenvalue weighted by Gasteiger charge is 2.28. The summed E-state index contributed by atoms with van der Waals surface area (Å²) < 4.78 is 40.2. The number of rotatable bonds is 12. The van der Waals surface area contributed by atoms with Crippen LogP contribution in [0.2, 0.25) is 5.02 Å². The maximum Gasteiger partial charge on any atom is 0.242 e. The summed E-state index contributed by atoms with van der Waals surface area (Å²) in [5, 5.41) is 3.34. The number of halogens is 2. The second-order valence-corrected chi connectivity index (χ2v) is 10.9. The predicted molar refractivity (Wildman–Crippen MR) is 137 cm³/mol. The van der Waals surface area contributed by atoms with Gasteiger partial charge in [0.15, 0.2) is 0 Å². The Hall–Kier alpha value is -2.65. The van der Waals surface area contributed by atoms with Crippen LogP contribution in [-0.2, 0) is 26.2 Å². The minimum atomic E-state index is -3.60. The fourth-order valence-electron chi connectivity index (χ4n) is 3.47. The number of carbonyl (C=O) groups excluding carboxylic acids is 2. The second-order valence-electron chi connectivity index (χ2n) is 8.52. The van der Waals surface area contributed by atoms with Crippen molar-refractivity contribution in [2.24, 2.45) is 0 Å². The van der Waals surface area contributed by atoms with Crippen LogP contribution in [0.25, 0.3) is 0 Å². The van der Waals surface area contributed by atoms with Gasteiger partial charge in [-0.05, 0) is 57.0 Å². The molecule has 7 nitrogen and oxygen atoms in total. The summed E-state index contributed by atoms with van der Waals surface area (Å²) in [6.45, 7) is 5.39. The monoisotopic (exact) mass is 525 g/mol. The Kier molecular flexibility index (Phi) is 10.5. The second kappa shape index (κ2) is 12.9. The highest BCUT2D eigenvalue weighted by molar-refractivity contribution is 7.92. The molecule has 2 aromatic rings. The maximum atomic E-state index is 14.3. The largest absolute Gasteiger partial charge is 0.352 e. The van der Waals surface area contributed by atoms with E-state index < -0.39 is 21.9 Å². The molecular formula is C25H33ClFN3O4S. The quantitative estimate of drug-likeness (QED) is 0.446. The molecule has 0 spiro atoms. The molecular weight excluding hydrogens is 493 g/mol. The van der Waals surface area contributed by atoms with Crippen LogP contribution in [0.5, 0.6) is 0 Å². The van der Waals surface area contributed by atoms with Crippen molar-refractivity contribution >= 4 is 39.1 Å². The number of amides is 2. The topological polar surface area (TPSA) is 86.8 Å². The van der Waals surface area contributed by atoms with E-state index in [1.807, 2.05) is 13.8 Å². The van der Waals surface area contributed by atoms with Crippen LogP contribution in [0.4, 0.5) is 10.1 Å². The molecule has 0 saturated carbocycles. The molecule has 0 aliphatic heterocycles. The highest BCUT2D eigenvalue weighted by atomic mass is 35.5. The molecule has 0 heterocycles. The van der Waals surface area contributed by atoms with Crippen molar-refractivity contribution in [2.75, 3.05) is 17.1 Å². The van der Waals surface area contributed by atoms with E-state index in [1.165, 1.54) is 15.3 Å². The Morgan fingerprint density at radius 2 is 1.71 bits per heavy atom. The molecule has 2 amide bonds. The molecule has 0 radical (unpaired) electrons. The van der Waals surface area contributed by atoms with E-state index in [4.69, 9.17) is 11.6 Å². The minimum absolute atomic E-state index is 0.0188. The molecule has 0 bridgehead atoms. The number of nitrogens with one attached hydrogen (secondary N) is 1. The number of hydrogen-bond donors (Lipinski definition) is 1. The van der Waals surface area contributed by atoms with Crippen LogP contribution in [0, 0.1) is 5.82 Å². The van der Waals surface area contributed by atoms with E-state index >= 15 is 0 Å². The van der Waals surface area contributed by atoms with E-state index in [9.17, 15) is 22.4 Å². The standard InChI is InChI=1S/C25H33ClFN3O4S/c1-5-18(2)28-25(32)19(3)29(17-20-9-6-7-10-23(20)27)24(31)11-8-16-30(35(4,33)34)22-14-12-21(26)13-15-22/h6-7,9-10,12-15,18-19H,5,8,11,16-17H2,1-4H3,(H,28,32). The smallest absolute Gasteiger partial charge is 0.242 e. The van der Waals surface area contributed by atoms with Crippen LogP contribution in [0.15, 0.2) is 48.5 Å². The number of nitrogens with zero attached hydrogens (tertiary/aromatic N) is 2. The van der Waals surface area contributed by atoms with Gasteiger partial charge in [0.1, 0.15) is 11.9 Å². The van der Waals surface area contributed by atoms with Crippen LogP contribution >= 0.6 is 11.6 Å². The minimum Gasteiger partial charge on any atom is -0.352 e. The lowest BCUT2D eigenvalue weighted by molar-refractivity contribution is -0.141. The average molecular weight is 526 g/mol. The van der Waals surface area contributed by atoms with Gasteiger partial charge in [-0.1, -0.05) is 36.7 Å². The van der Waals surface area contributed by atoms with Gasteiger partial charge in [-0.25, -0.2) is 12.8 Å². The lowest BCUT2D eigenvalue weighted by Gasteiger charge is -2.30. The molecule has 35 heavy (non-hydrogen) atoms. The van der Waals surface area contributed by atoms with Crippen LogP contribution in [-0.4, -0.2) is 50.0 Å². The van der Waals surface area contributed by atoms with Gasteiger partial charge >= 0.3 is 0 Å². The zero-order valence-corrected chi connectivity index (χ0v) is 22.1. The van der Waals surface area contributed by atoms with Crippen LogP contribution in [0.1, 0.15) is 45.6 Å². The Morgan fingerprint density at radius 3 is 2.29 bits per heavy atom. The van der Waals surface area contributed by atoms with Gasteiger partial charge in [0.05, 0.1) is 11.9 Å². The Labute approximate surface area is 212 Å². The summed E-state index contributed by atoms with van der Waals surface area (Å²) in [4.78, 5) is 27.3. The summed E-state index contributed by atoms with van der Waals surface area (Å²) >= 11 is 5.91. The van der Waals surface area contributed by atoms with Gasteiger partial charge < -0.3 is 10.2 Å². The Morgan fingerprint density at radius 1 is 1.09 bits per heavy atom. The van der Waals surface area contributed by atoms with E-state index in [0.717, 1.165) is 12.7 Å². The Bertz CT molecular complexity index is 1110. The van der Waals surface area contributed by atoms with Crippen molar-refractivity contribution in [1.82, 2.24) is 10.2 Å².